The number of rotatable bonds is 4. The predicted octanol–water partition coefficient (Wildman–Crippen LogP) is 2.05. The standard InChI is InChI=1S/C13H17NO3/c14-6-10-4-12-13(17-8-16-12)5-11(10)15-7-9-2-1-3-9/h4-5,9H,1-3,6-8,14H2. The molecule has 0 atom stereocenters. The lowest BCUT2D eigenvalue weighted by Crippen LogP contribution is -2.19. The van der Waals surface area contributed by atoms with Gasteiger partial charge in [0, 0.05) is 18.2 Å². The van der Waals surface area contributed by atoms with E-state index < -0.39 is 0 Å². The van der Waals surface area contributed by atoms with Gasteiger partial charge in [0.25, 0.3) is 0 Å². The van der Waals surface area contributed by atoms with Crippen molar-refractivity contribution in [1.82, 2.24) is 0 Å². The molecule has 0 aromatic heterocycles. The van der Waals surface area contributed by atoms with E-state index in [1.807, 2.05) is 12.1 Å². The zero-order valence-electron chi connectivity index (χ0n) is 9.78. The Kier molecular flexibility index (Phi) is 2.81. The topological polar surface area (TPSA) is 53.7 Å². The molecule has 0 bridgehead atoms. The van der Waals surface area contributed by atoms with Gasteiger partial charge in [-0.15, -0.1) is 0 Å². The Morgan fingerprint density at radius 3 is 2.65 bits per heavy atom. The van der Waals surface area contributed by atoms with E-state index in [2.05, 4.69) is 0 Å². The molecular formula is C13H17NO3. The van der Waals surface area contributed by atoms with Crippen molar-refractivity contribution in [2.45, 2.75) is 25.8 Å². The Bertz CT molecular complexity index is 415. The Labute approximate surface area is 101 Å². The molecule has 3 rings (SSSR count). The number of ether oxygens (including phenoxy) is 3. The minimum Gasteiger partial charge on any atom is -0.493 e. The predicted molar refractivity (Wildman–Crippen MR) is 63.3 cm³/mol. The number of hydrogen-bond donors (Lipinski definition) is 1. The molecule has 2 aliphatic rings. The highest BCUT2D eigenvalue weighted by molar-refractivity contribution is 5.51. The summed E-state index contributed by atoms with van der Waals surface area (Å²) in [6.45, 7) is 1.52. The normalized spacial score (nSPS) is 17.9. The van der Waals surface area contributed by atoms with Crippen LogP contribution in [-0.4, -0.2) is 13.4 Å². The van der Waals surface area contributed by atoms with Crippen LogP contribution in [0.1, 0.15) is 24.8 Å². The van der Waals surface area contributed by atoms with E-state index >= 15 is 0 Å². The number of benzene rings is 1. The van der Waals surface area contributed by atoms with E-state index in [1.165, 1.54) is 19.3 Å². The molecular weight excluding hydrogens is 218 g/mol. The Morgan fingerprint density at radius 1 is 1.24 bits per heavy atom. The maximum Gasteiger partial charge on any atom is 0.231 e. The van der Waals surface area contributed by atoms with Crippen LogP contribution in [-0.2, 0) is 6.54 Å². The third-order valence-electron chi connectivity index (χ3n) is 3.47. The third-order valence-corrected chi connectivity index (χ3v) is 3.47. The van der Waals surface area contributed by atoms with Gasteiger partial charge in [-0.2, -0.15) is 0 Å². The summed E-state index contributed by atoms with van der Waals surface area (Å²) in [6, 6.07) is 3.81. The Hall–Kier alpha value is -1.42. The van der Waals surface area contributed by atoms with Crippen LogP contribution in [0.5, 0.6) is 17.2 Å². The molecule has 0 unspecified atom stereocenters. The van der Waals surface area contributed by atoms with Crippen LogP contribution in [0.15, 0.2) is 12.1 Å². The Morgan fingerprint density at radius 2 is 2.00 bits per heavy atom. The van der Waals surface area contributed by atoms with Gasteiger partial charge in [0.1, 0.15) is 5.75 Å². The van der Waals surface area contributed by atoms with Gasteiger partial charge < -0.3 is 19.9 Å². The van der Waals surface area contributed by atoms with Crippen LogP contribution < -0.4 is 19.9 Å². The average molecular weight is 235 g/mol. The highest BCUT2D eigenvalue weighted by Crippen LogP contribution is 2.38. The van der Waals surface area contributed by atoms with Crippen molar-refractivity contribution in [2.24, 2.45) is 11.7 Å². The highest BCUT2D eigenvalue weighted by Gasteiger charge is 2.21. The smallest absolute Gasteiger partial charge is 0.231 e. The first-order valence-electron chi connectivity index (χ1n) is 6.12. The summed E-state index contributed by atoms with van der Waals surface area (Å²) in [5.74, 6) is 3.07. The van der Waals surface area contributed by atoms with E-state index in [1.54, 1.807) is 0 Å². The molecule has 1 fully saturated rings. The van der Waals surface area contributed by atoms with Crippen molar-refractivity contribution in [3.05, 3.63) is 17.7 Å². The van der Waals surface area contributed by atoms with Gasteiger partial charge in [0.2, 0.25) is 6.79 Å². The quantitative estimate of drug-likeness (QED) is 0.867. The average Bonchev–Trinajstić information content (AvgIpc) is 2.72. The summed E-state index contributed by atoms with van der Waals surface area (Å²) in [6.07, 6.45) is 3.89. The van der Waals surface area contributed by atoms with Gasteiger partial charge in [-0.3, -0.25) is 0 Å². The molecule has 17 heavy (non-hydrogen) atoms. The van der Waals surface area contributed by atoms with Crippen LogP contribution >= 0.6 is 0 Å². The fourth-order valence-corrected chi connectivity index (χ4v) is 2.13. The molecule has 1 aromatic rings. The van der Waals surface area contributed by atoms with E-state index in [-0.39, 0.29) is 6.79 Å². The number of hydrogen-bond acceptors (Lipinski definition) is 4. The molecule has 0 radical (unpaired) electrons. The molecule has 92 valence electrons. The van der Waals surface area contributed by atoms with Crippen molar-refractivity contribution < 1.29 is 14.2 Å². The lowest BCUT2D eigenvalue weighted by atomic mass is 9.86. The van der Waals surface area contributed by atoms with Crippen LogP contribution in [0.25, 0.3) is 0 Å². The molecule has 1 heterocycles. The molecule has 0 saturated heterocycles. The first-order chi connectivity index (χ1) is 8.36. The van der Waals surface area contributed by atoms with E-state index in [9.17, 15) is 0 Å². The molecule has 1 aliphatic carbocycles. The number of fused-ring (bicyclic) bond motifs is 1. The minimum atomic E-state index is 0.283. The van der Waals surface area contributed by atoms with Gasteiger partial charge in [0.05, 0.1) is 6.61 Å². The summed E-state index contributed by atoms with van der Waals surface area (Å²) in [4.78, 5) is 0. The summed E-state index contributed by atoms with van der Waals surface area (Å²) in [7, 11) is 0. The van der Waals surface area contributed by atoms with Gasteiger partial charge in [0.15, 0.2) is 11.5 Å². The molecule has 4 nitrogen and oxygen atoms in total. The molecule has 4 heteroatoms. The van der Waals surface area contributed by atoms with E-state index in [0.29, 0.717) is 12.5 Å². The summed E-state index contributed by atoms with van der Waals surface area (Å²) in [5.41, 5.74) is 6.70. The van der Waals surface area contributed by atoms with Crippen LogP contribution in [0.4, 0.5) is 0 Å². The van der Waals surface area contributed by atoms with Gasteiger partial charge in [-0.05, 0) is 24.8 Å². The largest absolute Gasteiger partial charge is 0.493 e. The molecule has 1 saturated carbocycles. The fourth-order valence-electron chi connectivity index (χ4n) is 2.13. The fraction of sp³-hybridized carbons (Fsp3) is 0.538. The van der Waals surface area contributed by atoms with Crippen LogP contribution in [0, 0.1) is 5.92 Å². The second kappa shape index (κ2) is 4.45. The first kappa shape index (κ1) is 10.7. The SMILES string of the molecule is NCc1cc2c(cc1OCC1CCC1)OCO2. The van der Waals surface area contributed by atoms with Crippen molar-refractivity contribution in [2.75, 3.05) is 13.4 Å². The molecule has 1 aliphatic heterocycles. The Balaban J connectivity index is 1.76. The van der Waals surface area contributed by atoms with Crippen molar-refractivity contribution >= 4 is 0 Å². The van der Waals surface area contributed by atoms with Gasteiger partial charge in [-0.1, -0.05) is 6.42 Å². The van der Waals surface area contributed by atoms with E-state index in [4.69, 9.17) is 19.9 Å². The number of nitrogens with two attached hydrogens (primary N) is 1. The highest BCUT2D eigenvalue weighted by atomic mass is 16.7. The summed E-state index contributed by atoms with van der Waals surface area (Å²) >= 11 is 0. The zero-order chi connectivity index (χ0) is 11.7. The third kappa shape index (κ3) is 2.05. The lowest BCUT2D eigenvalue weighted by molar-refractivity contribution is 0.172. The van der Waals surface area contributed by atoms with Crippen LogP contribution in [0.3, 0.4) is 0 Å². The second-order valence-electron chi connectivity index (χ2n) is 4.63. The first-order valence-corrected chi connectivity index (χ1v) is 6.12. The molecule has 2 N–H and O–H groups in total. The van der Waals surface area contributed by atoms with E-state index in [0.717, 1.165) is 29.4 Å². The van der Waals surface area contributed by atoms with Crippen molar-refractivity contribution in [3.63, 3.8) is 0 Å². The summed E-state index contributed by atoms with van der Waals surface area (Å²) in [5, 5.41) is 0. The van der Waals surface area contributed by atoms with Gasteiger partial charge in [-0.25, -0.2) is 0 Å². The molecule has 0 amide bonds. The van der Waals surface area contributed by atoms with Crippen molar-refractivity contribution in [1.29, 1.82) is 0 Å². The lowest BCUT2D eigenvalue weighted by Gasteiger charge is -2.25. The monoisotopic (exact) mass is 235 g/mol. The van der Waals surface area contributed by atoms with Gasteiger partial charge >= 0.3 is 0 Å². The summed E-state index contributed by atoms with van der Waals surface area (Å²) < 4.78 is 16.5. The molecule has 0 spiro atoms. The maximum atomic E-state index is 5.84. The molecule has 1 aromatic carbocycles. The maximum absolute atomic E-state index is 5.84. The minimum absolute atomic E-state index is 0.283. The van der Waals surface area contributed by atoms with Crippen molar-refractivity contribution in [3.8, 4) is 17.2 Å². The van der Waals surface area contributed by atoms with Crippen LogP contribution in [0.2, 0.25) is 0 Å². The zero-order valence-corrected chi connectivity index (χ0v) is 9.78. The second-order valence-corrected chi connectivity index (χ2v) is 4.63.